The highest BCUT2D eigenvalue weighted by Crippen LogP contribution is 2.68. The Morgan fingerprint density at radius 2 is 2.00 bits per heavy atom. The predicted octanol–water partition coefficient (Wildman–Crippen LogP) is 4.09. The molecule has 0 aromatic carbocycles. The molecule has 9 heteroatoms. The average Bonchev–Trinajstić information content (AvgIpc) is 3.01. The van der Waals surface area contributed by atoms with Crippen molar-refractivity contribution in [2.75, 3.05) is 6.07 Å². The van der Waals surface area contributed by atoms with Crippen molar-refractivity contribution in [3.05, 3.63) is 23.8 Å². The Morgan fingerprint density at radius 1 is 1.28 bits per heavy atom. The monoisotopic (exact) mass is 504 g/mol. The van der Waals surface area contributed by atoms with Gasteiger partial charge in [-0.15, -0.1) is 0 Å². The van der Waals surface area contributed by atoms with Gasteiger partial charge in [0.1, 0.15) is 0 Å². The molecule has 0 radical (unpaired) electrons. The van der Waals surface area contributed by atoms with Crippen molar-refractivity contribution in [1.29, 1.82) is 0 Å². The van der Waals surface area contributed by atoms with E-state index in [-0.39, 0.29) is 42.4 Å². The van der Waals surface area contributed by atoms with Crippen molar-refractivity contribution >= 4 is 52.5 Å². The van der Waals surface area contributed by atoms with E-state index >= 15 is 0 Å². The average molecular weight is 506 g/mol. The van der Waals surface area contributed by atoms with Crippen LogP contribution in [0.3, 0.4) is 0 Å². The highest BCUT2D eigenvalue weighted by atomic mass is 35.5. The van der Waals surface area contributed by atoms with Gasteiger partial charge in [-0.2, -0.15) is 0 Å². The van der Waals surface area contributed by atoms with Crippen LogP contribution >= 0.6 is 34.8 Å². The van der Waals surface area contributed by atoms with Crippen LogP contribution < -0.4 is 0 Å². The molecule has 0 aliphatic heterocycles. The molecule has 0 heterocycles. The highest BCUT2D eigenvalue weighted by Gasteiger charge is 2.71. The van der Waals surface area contributed by atoms with Crippen molar-refractivity contribution in [2.24, 2.45) is 28.6 Å². The number of alkyl halides is 3. The summed E-state index contributed by atoms with van der Waals surface area (Å²) in [5, 5.41) is 11.5. The summed E-state index contributed by atoms with van der Waals surface area (Å²) in [6.07, 6.45) is 6.98. The van der Waals surface area contributed by atoms with Crippen LogP contribution in [0.15, 0.2) is 23.8 Å². The van der Waals surface area contributed by atoms with E-state index in [0.29, 0.717) is 6.42 Å². The Balaban J connectivity index is 1.75. The molecule has 0 bridgehead atoms. The van der Waals surface area contributed by atoms with Crippen LogP contribution in [0.25, 0.3) is 0 Å². The normalized spacial score (nSPS) is 42.6. The second kappa shape index (κ2) is 8.30. The number of rotatable bonds is 4. The third-order valence-electron chi connectivity index (χ3n) is 8.58. The zero-order valence-corrected chi connectivity index (χ0v) is 20.3. The van der Waals surface area contributed by atoms with Crippen LogP contribution in [-0.4, -0.2) is 45.4 Å². The first-order valence-corrected chi connectivity index (χ1v) is 12.3. The Morgan fingerprint density at radius 3 is 2.66 bits per heavy atom. The van der Waals surface area contributed by atoms with E-state index in [9.17, 15) is 19.5 Å². The summed E-state index contributed by atoms with van der Waals surface area (Å²) in [4.78, 5) is 36.1. The van der Waals surface area contributed by atoms with E-state index in [1.165, 1.54) is 0 Å². The lowest BCUT2D eigenvalue weighted by molar-refractivity contribution is -0.211. The molecular weight excluding hydrogens is 479 g/mol. The molecule has 0 amide bonds. The summed E-state index contributed by atoms with van der Waals surface area (Å²) in [7, 11) is 0. The van der Waals surface area contributed by atoms with Gasteiger partial charge in [0.15, 0.2) is 11.8 Å². The zero-order chi connectivity index (χ0) is 23.5. The van der Waals surface area contributed by atoms with Gasteiger partial charge in [-0.25, -0.2) is 9.59 Å². The molecule has 0 aromatic rings. The van der Waals surface area contributed by atoms with Crippen LogP contribution in [0, 0.1) is 28.6 Å². The molecule has 4 aliphatic rings. The molecule has 0 unspecified atom stereocenters. The van der Waals surface area contributed by atoms with Crippen molar-refractivity contribution in [2.45, 2.75) is 62.5 Å². The first kappa shape index (κ1) is 24.1. The highest BCUT2D eigenvalue weighted by molar-refractivity contribution is 6.53. The molecule has 1 N–H and O–H groups in total. The number of hydrogen-bond acceptors (Lipinski definition) is 6. The summed E-state index contributed by atoms with van der Waals surface area (Å²) in [5.41, 5.74) is -1.92. The fourth-order valence-electron chi connectivity index (χ4n) is 7.24. The number of ketones is 1. The van der Waals surface area contributed by atoms with Gasteiger partial charge >= 0.3 is 11.9 Å². The number of aliphatic hydroxyl groups is 1. The second-order valence-corrected chi connectivity index (χ2v) is 11.2. The predicted molar refractivity (Wildman–Crippen MR) is 119 cm³/mol. The zero-order valence-electron chi connectivity index (χ0n) is 18.0. The third-order valence-corrected chi connectivity index (χ3v) is 9.05. The minimum atomic E-state index is -1.63. The fraction of sp³-hybridized carbons (Fsp3) is 0.696. The Hall–Kier alpha value is -1.08. The molecule has 0 spiro atoms. The largest absolute Gasteiger partial charge is 0.446 e. The molecule has 3 fully saturated rings. The summed E-state index contributed by atoms with van der Waals surface area (Å²) >= 11 is 17.2. The van der Waals surface area contributed by atoms with Gasteiger partial charge in [-0.3, -0.25) is 4.79 Å². The fourth-order valence-corrected chi connectivity index (χ4v) is 7.43. The van der Waals surface area contributed by atoms with E-state index in [0.717, 1.165) is 18.4 Å². The summed E-state index contributed by atoms with van der Waals surface area (Å²) < 4.78 is 10.8. The van der Waals surface area contributed by atoms with Crippen LogP contribution in [0.1, 0.15) is 46.0 Å². The molecule has 4 aliphatic carbocycles. The number of esters is 2. The summed E-state index contributed by atoms with van der Waals surface area (Å²) in [6.45, 7) is 3.94. The van der Waals surface area contributed by atoms with Gasteiger partial charge in [-0.1, -0.05) is 60.3 Å². The SMILES string of the molecule is C[C@]12C=CC(=O)C=C1CC[C@@H]1[C@@H]2[C@@H](O)C[C@@]2(C)[C@H]1CC[C@]2(OC(=O)C(Cl)Cl)C(=O)OCCl. The van der Waals surface area contributed by atoms with Crippen molar-refractivity contribution in [3.8, 4) is 0 Å². The topological polar surface area (TPSA) is 89.9 Å². The number of halogens is 3. The standard InChI is InChI=1S/C23H27Cl3O6/c1-21-7-5-13(27)9-12(21)3-4-14-15-6-8-23(20(30)31-11-24,32-19(29)18(25)26)22(15,2)10-16(28)17(14)21/h5,7,9,14-18,28H,3-4,6,8,10-11H2,1-2H3/t14-,15-,16-,17+,21-,22-,23-/m0/s1. The van der Waals surface area contributed by atoms with Gasteiger partial charge in [0, 0.05) is 16.7 Å². The van der Waals surface area contributed by atoms with Crippen molar-refractivity contribution in [3.63, 3.8) is 0 Å². The van der Waals surface area contributed by atoms with Crippen molar-refractivity contribution in [1.82, 2.24) is 0 Å². The molecule has 32 heavy (non-hydrogen) atoms. The van der Waals surface area contributed by atoms with Gasteiger partial charge in [0.05, 0.1) is 6.10 Å². The maximum atomic E-state index is 13.2. The Kier molecular flexibility index (Phi) is 6.24. The number of aliphatic hydroxyl groups excluding tert-OH is 1. The van der Waals surface area contributed by atoms with Crippen LogP contribution in [0.4, 0.5) is 0 Å². The Labute approximate surface area is 202 Å². The molecule has 0 aromatic heterocycles. The van der Waals surface area contributed by atoms with Crippen LogP contribution in [-0.2, 0) is 23.9 Å². The lowest BCUT2D eigenvalue weighted by Gasteiger charge is -2.59. The summed E-state index contributed by atoms with van der Waals surface area (Å²) in [5.74, 6) is -1.76. The van der Waals surface area contributed by atoms with Crippen LogP contribution in [0.5, 0.6) is 0 Å². The molecule has 7 atom stereocenters. The molecular formula is C23H27Cl3O6. The van der Waals surface area contributed by atoms with Gasteiger partial charge in [-0.05, 0) is 56.1 Å². The lowest BCUT2D eigenvalue weighted by Crippen LogP contribution is -2.63. The minimum Gasteiger partial charge on any atom is -0.446 e. The lowest BCUT2D eigenvalue weighted by atomic mass is 9.46. The van der Waals surface area contributed by atoms with E-state index in [1.807, 2.05) is 13.0 Å². The van der Waals surface area contributed by atoms with Crippen LogP contribution in [0.2, 0.25) is 0 Å². The number of fused-ring (bicyclic) bond motifs is 5. The van der Waals surface area contributed by atoms with E-state index < -0.39 is 39.3 Å². The van der Waals surface area contributed by atoms with E-state index in [4.69, 9.17) is 44.3 Å². The second-order valence-electron chi connectivity index (χ2n) is 9.84. The maximum Gasteiger partial charge on any atom is 0.352 e. The minimum absolute atomic E-state index is 0.0138. The van der Waals surface area contributed by atoms with Gasteiger partial charge in [0.25, 0.3) is 0 Å². The third kappa shape index (κ3) is 3.36. The molecule has 3 saturated carbocycles. The smallest absolute Gasteiger partial charge is 0.352 e. The Bertz CT molecular complexity index is 900. The molecule has 6 nitrogen and oxygen atoms in total. The maximum absolute atomic E-state index is 13.2. The first-order valence-electron chi connectivity index (χ1n) is 10.9. The number of hydrogen-bond donors (Lipinski definition) is 1. The molecule has 176 valence electrons. The van der Waals surface area contributed by atoms with Gasteiger partial charge < -0.3 is 14.6 Å². The quantitative estimate of drug-likeness (QED) is 0.457. The van der Waals surface area contributed by atoms with E-state index in [1.54, 1.807) is 12.2 Å². The summed E-state index contributed by atoms with van der Waals surface area (Å²) in [6, 6.07) is -0.385. The first-order chi connectivity index (χ1) is 15.0. The molecule has 4 rings (SSSR count). The number of carbonyl (C=O) groups is 3. The number of carbonyl (C=O) groups excluding carboxylic acids is 3. The van der Waals surface area contributed by atoms with E-state index in [2.05, 4.69) is 6.92 Å². The van der Waals surface area contributed by atoms with Crippen molar-refractivity contribution < 1.29 is 29.0 Å². The number of allylic oxidation sites excluding steroid dienone is 4. The molecule has 0 saturated heterocycles. The number of ether oxygens (including phenoxy) is 2. The van der Waals surface area contributed by atoms with Gasteiger partial charge in [0.2, 0.25) is 10.4 Å².